The Morgan fingerprint density at radius 1 is 1.50 bits per heavy atom. The molecule has 1 aromatic heterocycles. The molecular weight excluding hydrogens is 206 g/mol. The summed E-state index contributed by atoms with van der Waals surface area (Å²) < 4.78 is 10.5. The molecule has 2 heterocycles. The van der Waals surface area contributed by atoms with Crippen LogP contribution in [0.1, 0.15) is 37.9 Å². The van der Waals surface area contributed by atoms with Crippen molar-refractivity contribution in [1.29, 1.82) is 0 Å². The minimum absolute atomic E-state index is 0.401. The molecule has 2 atom stereocenters. The van der Waals surface area contributed by atoms with Gasteiger partial charge in [-0.05, 0) is 19.3 Å². The second-order valence-electron chi connectivity index (χ2n) is 4.23. The molecule has 0 bridgehead atoms. The predicted octanol–water partition coefficient (Wildman–Crippen LogP) is 1.43. The Morgan fingerprint density at radius 2 is 2.38 bits per heavy atom. The van der Waals surface area contributed by atoms with E-state index in [2.05, 4.69) is 22.4 Å². The van der Waals surface area contributed by atoms with Crippen molar-refractivity contribution in [2.75, 3.05) is 6.61 Å². The number of hydrogen-bond acceptors (Lipinski definition) is 5. The Bertz CT molecular complexity index is 327. The molecule has 0 radical (unpaired) electrons. The van der Waals surface area contributed by atoms with Gasteiger partial charge in [-0.2, -0.15) is 4.98 Å². The van der Waals surface area contributed by atoms with Gasteiger partial charge in [0.2, 0.25) is 5.89 Å². The van der Waals surface area contributed by atoms with Gasteiger partial charge in [0.1, 0.15) is 0 Å². The van der Waals surface area contributed by atoms with Crippen LogP contribution < -0.4 is 5.32 Å². The molecule has 16 heavy (non-hydrogen) atoms. The van der Waals surface area contributed by atoms with Gasteiger partial charge in [-0.3, -0.25) is 0 Å². The van der Waals surface area contributed by atoms with E-state index in [1.165, 1.54) is 0 Å². The second kappa shape index (κ2) is 5.41. The topological polar surface area (TPSA) is 60.2 Å². The lowest BCUT2D eigenvalue weighted by Gasteiger charge is -2.29. The highest BCUT2D eigenvalue weighted by atomic mass is 16.5. The van der Waals surface area contributed by atoms with Crippen LogP contribution in [-0.2, 0) is 11.3 Å². The summed E-state index contributed by atoms with van der Waals surface area (Å²) in [6.45, 7) is 5.49. The second-order valence-corrected chi connectivity index (χ2v) is 4.23. The van der Waals surface area contributed by atoms with E-state index in [0.717, 1.165) is 31.7 Å². The minimum atomic E-state index is 0.401. The molecule has 1 fully saturated rings. The molecule has 90 valence electrons. The molecule has 1 saturated heterocycles. The van der Waals surface area contributed by atoms with Crippen LogP contribution in [0.2, 0.25) is 0 Å². The number of nitrogens with one attached hydrogen (secondary N) is 1. The van der Waals surface area contributed by atoms with Gasteiger partial charge in [-0.25, -0.2) is 0 Å². The third-order valence-electron chi connectivity index (χ3n) is 2.94. The van der Waals surface area contributed by atoms with E-state index in [1.807, 2.05) is 0 Å². The quantitative estimate of drug-likeness (QED) is 0.839. The Morgan fingerprint density at radius 3 is 3.06 bits per heavy atom. The van der Waals surface area contributed by atoms with Gasteiger partial charge in [0.05, 0.1) is 12.6 Å². The SMILES string of the molecule is CCC1CC(NCc2noc(C)n2)CCO1. The predicted molar refractivity (Wildman–Crippen MR) is 58.9 cm³/mol. The summed E-state index contributed by atoms with van der Waals surface area (Å²) in [5, 5.41) is 7.31. The summed E-state index contributed by atoms with van der Waals surface area (Å²) in [6, 6.07) is 0.512. The zero-order valence-corrected chi connectivity index (χ0v) is 9.90. The van der Waals surface area contributed by atoms with Crippen molar-refractivity contribution in [3.63, 3.8) is 0 Å². The zero-order chi connectivity index (χ0) is 11.4. The Labute approximate surface area is 95.6 Å². The first-order valence-electron chi connectivity index (χ1n) is 5.92. The van der Waals surface area contributed by atoms with Crippen LogP contribution in [0.5, 0.6) is 0 Å². The lowest BCUT2D eigenvalue weighted by Crippen LogP contribution is -2.38. The molecule has 0 spiro atoms. The summed E-state index contributed by atoms with van der Waals surface area (Å²) in [6.07, 6.45) is 3.62. The Kier molecular flexibility index (Phi) is 3.90. The maximum atomic E-state index is 5.62. The van der Waals surface area contributed by atoms with Crippen molar-refractivity contribution in [2.45, 2.75) is 51.8 Å². The third kappa shape index (κ3) is 3.02. The highest BCUT2D eigenvalue weighted by molar-refractivity contribution is 4.85. The number of aryl methyl sites for hydroxylation is 1. The molecule has 0 saturated carbocycles. The fourth-order valence-electron chi connectivity index (χ4n) is 2.00. The molecule has 1 aliphatic heterocycles. The van der Waals surface area contributed by atoms with Crippen molar-refractivity contribution in [3.8, 4) is 0 Å². The lowest BCUT2D eigenvalue weighted by molar-refractivity contribution is -0.000445. The van der Waals surface area contributed by atoms with Crippen LogP contribution >= 0.6 is 0 Å². The molecule has 2 rings (SSSR count). The maximum Gasteiger partial charge on any atom is 0.223 e. The first-order chi connectivity index (χ1) is 7.78. The van der Waals surface area contributed by atoms with Crippen molar-refractivity contribution in [3.05, 3.63) is 11.7 Å². The molecule has 0 amide bonds. The summed E-state index contributed by atoms with van der Waals surface area (Å²) in [7, 11) is 0. The van der Waals surface area contributed by atoms with Gasteiger partial charge in [0.15, 0.2) is 5.82 Å². The van der Waals surface area contributed by atoms with Crippen molar-refractivity contribution in [1.82, 2.24) is 15.5 Å². The Balaban J connectivity index is 1.77. The van der Waals surface area contributed by atoms with Gasteiger partial charge >= 0.3 is 0 Å². The number of ether oxygens (including phenoxy) is 1. The van der Waals surface area contributed by atoms with Gasteiger partial charge in [0, 0.05) is 19.6 Å². The number of aromatic nitrogens is 2. The normalized spacial score (nSPS) is 25.9. The van der Waals surface area contributed by atoms with Crippen LogP contribution in [0, 0.1) is 6.92 Å². The molecule has 2 unspecified atom stereocenters. The van der Waals surface area contributed by atoms with Gasteiger partial charge in [-0.1, -0.05) is 12.1 Å². The van der Waals surface area contributed by atoms with Gasteiger partial charge < -0.3 is 14.6 Å². The van der Waals surface area contributed by atoms with Crippen molar-refractivity contribution < 1.29 is 9.26 Å². The summed E-state index contributed by atoms with van der Waals surface area (Å²) in [5.41, 5.74) is 0. The molecule has 0 aromatic carbocycles. The lowest BCUT2D eigenvalue weighted by atomic mass is 10.0. The van der Waals surface area contributed by atoms with Crippen molar-refractivity contribution in [2.24, 2.45) is 0 Å². The highest BCUT2D eigenvalue weighted by Crippen LogP contribution is 2.16. The summed E-state index contributed by atoms with van der Waals surface area (Å²) >= 11 is 0. The van der Waals surface area contributed by atoms with Crippen LogP contribution in [-0.4, -0.2) is 28.9 Å². The van der Waals surface area contributed by atoms with Crippen LogP contribution in [0.25, 0.3) is 0 Å². The molecule has 5 nitrogen and oxygen atoms in total. The molecule has 1 aliphatic rings. The minimum Gasteiger partial charge on any atom is -0.378 e. The van der Waals surface area contributed by atoms with Gasteiger partial charge in [-0.15, -0.1) is 0 Å². The maximum absolute atomic E-state index is 5.62. The fraction of sp³-hybridized carbons (Fsp3) is 0.818. The fourth-order valence-corrected chi connectivity index (χ4v) is 2.00. The average molecular weight is 225 g/mol. The standard InChI is InChI=1S/C11H19N3O2/c1-3-10-6-9(4-5-15-10)12-7-11-13-8(2)16-14-11/h9-10,12H,3-7H2,1-2H3. The average Bonchev–Trinajstić information content (AvgIpc) is 2.73. The van der Waals surface area contributed by atoms with E-state index in [1.54, 1.807) is 6.92 Å². The first kappa shape index (κ1) is 11.5. The molecular formula is C11H19N3O2. The van der Waals surface area contributed by atoms with Crippen LogP contribution in [0.3, 0.4) is 0 Å². The van der Waals surface area contributed by atoms with E-state index in [0.29, 0.717) is 24.6 Å². The van der Waals surface area contributed by atoms with Crippen molar-refractivity contribution >= 4 is 0 Å². The van der Waals surface area contributed by atoms with Gasteiger partial charge in [0.25, 0.3) is 0 Å². The van der Waals surface area contributed by atoms with E-state index >= 15 is 0 Å². The summed E-state index contributed by atoms with van der Waals surface area (Å²) in [4.78, 5) is 4.16. The van der Waals surface area contributed by atoms with E-state index in [4.69, 9.17) is 9.26 Å². The number of hydrogen-bond donors (Lipinski definition) is 1. The first-order valence-corrected chi connectivity index (χ1v) is 5.92. The third-order valence-corrected chi connectivity index (χ3v) is 2.94. The Hall–Kier alpha value is -0.940. The van der Waals surface area contributed by atoms with Crippen LogP contribution in [0.4, 0.5) is 0 Å². The highest BCUT2D eigenvalue weighted by Gasteiger charge is 2.21. The molecule has 0 aliphatic carbocycles. The van der Waals surface area contributed by atoms with Crippen LogP contribution in [0.15, 0.2) is 4.52 Å². The largest absolute Gasteiger partial charge is 0.378 e. The zero-order valence-electron chi connectivity index (χ0n) is 9.90. The van der Waals surface area contributed by atoms with E-state index < -0.39 is 0 Å². The number of nitrogens with zero attached hydrogens (tertiary/aromatic N) is 2. The van der Waals surface area contributed by atoms with E-state index in [-0.39, 0.29) is 0 Å². The smallest absolute Gasteiger partial charge is 0.223 e. The molecule has 1 N–H and O–H groups in total. The molecule has 1 aromatic rings. The van der Waals surface area contributed by atoms with E-state index in [9.17, 15) is 0 Å². The summed E-state index contributed by atoms with van der Waals surface area (Å²) in [5.74, 6) is 1.35. The monoisotopic (exact) mass is 225 g/mol. The molecule has 5 heteroatoms. The number of rotatable bonds is 4.